The number of likely N-dealkylation sites (N-methyl/N-ethyl adjacent to an activating group) is 1. The van der Waals surface area contributed by atoms with Crippen molar-refractivity contribution in [2.75, 3.05) is 19.4 Å². The molecule has 2 rings (SSSR count). The highest BCUT2D eigenvalue weighted by atomic mass is 16.5. The molecular formula is C19H20N2O4. The molecule has 0 bridgehead atoms. The Morgan fingerprint density at radius 3 is 2.28 bits per heavy atom. The second-order valence-electron chi connectivity index (χ2n) is 5.69. The molecule has 0 saturated carbocycles. The minimum atomic E-state index is -1.03. The van der Waals surface area contributed by atoms with E-state index in [-0.39, 0.29) is 17.4 Å². The number of benzene rings is 2. The summed E-state index contributed by atoms with van der Waals surface area (Å²) in [4.78, 5) is 37.4. The van der Waals surface area contributed by atoms with Crippen LogP contribution in [-0.2, 0) is 14.3 Å². The van der Waals surface area contributed by atoms with Gasteiger partial charge in [0.05, 0.1) is 5.56 Å². The maximum atomic E-state index is 12.5. The Hall–Kier alpha value is -3.15. The Morgan fingerprint density at radius 2 is 1.68 bits per heavy atom. The molecule has 0 aromatic heterocycles. The normalized spacial score (nSPS) is 11.3. The molecule has 25 heavy (non-hydrogen) atoms. The highest BCUT2D eigenvalue weighted by Crippen LogP contribution is 2.22. The third-order valence-corrected chi connectivity index (χ3v) is 3.41. The summed E-state index contributed by atoms with van der Waals surface area (Å²) < 4.78 is 5.46. The van der Waals surface area contributed by atoms with E-state index in [1.807, 2.05) is 6.07 Å². The molecule has 0 spiro atoms. The Labute approximate surface area is 146 Å². The zero-order chi connectivity index (χ0) is 18.4. The molecule has 0 heterocycles. The minimum absolute atomic E-state index is 0.240. The summed E-state index contributed by atoms with van der Waals surface area (Å²) in [5, 5.41) is 2.60. The predicted molar refractivity (Wildman–Crippen MR) is 94.0 cm³/mol. The van der Waals surface area contributed by atoms with Crippen molar-refractivity contribution in [3.8, 4) is 0 Å². The molecule has 1 unspecified atom stereocenters. The molecule has 2 aromatic rings. The Morgan fingerprint density at radius 1 is 1.00 bits per heavy atom. The van der Waals surface area contributed by atoms with Gasteiger partial charge in [0.25, 0.3) is 5.91 Å². The Bertz CT molecular complexity index is 772. The number of ether oxygens (including phenoxy) is 1. The van der Waals surface area contributed by atoms with Gasteiger partial charge in [-0.2, -0.15) is 0 Å². The lowest BCUT2D eigenvalue weighted by Gasteiger charge is -2.21. The van der Waals surface area contributed by atoms with Crippen LogP contribution < -0.4 is 5.32 Å². The second kappa shape index (κ2) is 8.10. The lowest BCUT2D eigenvalue weighted by Crippen LogP contribution is -2.31. The molecule has 6 heteroatoms. The molecule has 0 saturated heterocycles. The predicted octanol–water partition coefficient (Wildman–Crippen LogP) is 2.63. The number of carbonyl (C=O) groups is 3. The minimum Gasteiger partial charge on any atom is -0.444 e. The molecular weight excluding hydrogens is 320 g/mol. The summed E-state index contributed by atoms with van der Waals surface area (Å²) in [7, 11) is 3.20. The van der Waals surface area contributed by atoms with E-state index in [0.717, 1.165) is 0 Å². The van der Waals surface area contributed by atoms with Gasteiger partial charge in [-0.1, -0.05) is 36.4 Å². The zero-order valence-corrected chi connectivity index (χ0v) is 14.4. The number of carbonyl (C=O) groups excluding carboxylic acids is 3. The summed E-state index contributed by atoms with van der Waals surface area (Å²) in [5.41, 5.74) is 1.32. The van der Waals surface area contributed by atoms with Gasteiger partial charge in [0.2, 0.25) is 12.0 Å². The van der Waals surface area contributed by atoms with Crippen molar-refractivity contribution in [1.29, 1.82) is 0 Å². The van der Waals surface area contributed by atoms with Crippen LogP contribution in [0.3, 0.4) is 0 Å². The molecule has 1 N–H and O–H groups in total. The highest BCUT2D eigenvalue weighted by molar-refractivity contribution is 5.95. The molecule has 0 fully saturated rings. The smallest absolute Gasteiger partial charge is 0.339 e. The molecule has 0 aliphatic heterocycles. The summed E-state index contributed by atoms with van der Waals surface area (Å²) in [5.74, 6) is -1.22. The van der Waals surface area contributed by atoms with E-state index in [4.69, 9.17) is 4.74 Å². The van der Waals surface area contributed by atoms with Gasteiger partial charge in [-0.05, 0) is 18.2 Å². The van der Waals surface area contributed by atoms with Gasteiger partial charge in [0, 0.05) is 32.3 Å². The van der Waals surface area contributed by atoms with Gasteiger partial charge in [-0.3, -0.25) is 9.59 Å². The third kappa shape index (κ3) is 4.91. The van der Waals surface area contributed by atoms with Gasteiger partial charge in [0.15, 0.2) is 0 Å². The van der Waals surface area contributed by atoms with E-state index >= 15 is 0 Å². The maximum Gasteiger partial charge on any atom is 0.339 e. The first-order valence-electron chi connectivity index (χ1n) is 7.73. The monoisotopic (exact) mass is 340 g/mol. The SMILES string of the molecule is CC(=O)Nc1cccc(C(=O)OC(C(=O)N(C)C)c2ccccc2)c1. The van der Waals surface area contributed by atoms with Crippen molar-refractivity contribution >= 4 is 23.5 Å². The van der Waals surface area contributed by atoms with E-state index in [0.29, 0.717) is 11.3 Å². The van der Waals surface area contributed by atoms with E-state index in [1.165, 1.54) is 17.9 Å². The number of rotatable bonds is 5. The van der Waals surface area contributed by atoms with Gasteiger partial charge in [-0.25, -0.2) is 4.79 Å². The summed E-state index contributed by atoms with van der Waals surface area (Å²) in [6, 6.07) is 15.2. The number of nitrogens with zero attached hydrogens (tertiary/aromatic N) is 1. The third-order valence-electron chi connectivity index (χ3n) is 3.41. The fourth-order valence-electron chi connectivity index (χ4n) is 2.23. The lowest BCUT2D eigenvalue weighted by molar-refractivity contribution is -0.138. The van der Waals surface area contributed by atoms with Crippen molar-refractivity contribution < 1.29 is 19.1 Å². The number of hydrogen-bond acceptors (Lipinski definition) is 4. The summed E-state index contributed by atoms with van der Waals surface area (Å²) >= 11 is 0. The lowest BCUT2D eigenvalue weighted by atomic mass is 10.1. The Balaban J connectivity index is 2.25. The molecule has 2 aromatic carbocycles. The van der Waals surface area contributed by atoms with Crippen molar-refractivity contribution in [2.24, 2.45) is 0 Å². The van der Waals surface area contributed by atoms with Crippen molar-refractivity contribution in [3.05, 3.63) is 65.7 Å². The topological polar surface area (TPSA) is 75.7 Å². The fourth-order valence-corrected chi connectivity index (χ4v) is 2.23. The molecule has 2 amide bonds. The van der Waals surface area contributed by atoms with Crippen molar-refractivity contribution in [3.63, 3.8) is 0 Å². The van der Waals surface area contributed by atoms with E-state index in [2.05, 4.69) is 5.32 Å². The molecule has 130 valence electrons. The van der Waals surface area contributed by atoms with Crippen LogP contribution in [0, 0.1) is 0 Å². The second-order valence-corrected chi connectivity index (χ2v) is 5.69. The number of hydrogen-bond donors (Lipinski definition) is 1. The van der Waals surface area contributed by atoms with Crippen LogP contribution in [-0.4, -0.2) is 36.8 Å². The van der Waals surface area contributed by atoms with Crippen LogP contribution in [0.2, 0.25) is 0 Å². The number of anilines is 1. The van der Waals surface area contributed by atoms with Crippen molar-refractivity contribution in [2.45, 2.75) is 13.0 Å². The molecule has 0 aliphatic carbocycles. The first-order valence-corrected chi connectivity index (χ1v) is 7.73. The Kier molecular flexibility index (Phi) is 5.89. The van der Waals surface area contributed by atoms with E-state index in [9.17, 15) is 14.4 Å². The first kappa shape index (κ1) is 18.2. The highest BCUT2D eigenvalue weighted by Gasteiger charge is 2.27. The number of nitrogens with one attached hydrogen (secondary N) is 1. The van der Waals surface area contributed by atoms with Gasteiger partial charge >= 0.3 is 5.97 Å². The van der Waals surface area contributed by atoms with Crippen LogP contribution in [0.4, 0.5) is 5.69 Å². The summed E-state index contributed by atoms with van der Waals surface area (Å²) in [6.07, 6.45) is -1.03. The summed E-state index contributed by atoms with van der Waals surface area (Å²) in [6.45, 7) is 1.38. The van der Waals surface area contributed by atoms with Crippen LogP contribution >= 0.6 is 0 Å². The van der Waals surface area contributed by atoms with Crippen LogP contribution in [0.1, 0.15) is 28.9 Å². The maximum absolute atomic E-state index is 12.5. The van der Waals surface area contributed by atoms with Gasteiger partial charge < -0.3 is 15.0 Å². The standard InChI is InChI=1S/C19H20N2O4/c1-13(22)20-16-11-7-10-15(12-16)19(24)25-17(18(23)21(2)3)14-8-5-4-6-9-14/h4-12,17H,1-3H3,(H,20,22). The largest absolute Gasteiger partial charge is 0.444 e. The number of esters is 1. The fraction of sp³-hybridized carbons (Fsp3) is 0.211. The van der Waals surface area contributed by atoms with Crippen LogP contribution in [0.25, 0.3) is 0 Å². The molecule has 1 atom stereocenters. The first-order chi connectivity index (χ1) is 11.9. The average Bonchev–Trinajstić information content (AvgIpc) is 2.59. The van der Waals surface area contributed by atoms with E-state index < -0.39 is 12.1 Å². The van der Waals surface area contributed by atoms with Crippen LogP contribution in [0.5, 0.6) is 0 Å². The molecule has 0 aliphatic rings. The van der Waals surface area contributed by atoms with Gasteiger partial charge in [0.1, 0.15) is 0 Å². The number of amides is 2. The molecule has 6 nitrogen and oxygen atoms in total. The van der Waals surface area contributed by atoms with Gasteiger partial charge in [-0.15, -0.1) is 0 Å². The van der Waals surface area contributed by atoms with E-state index in [1.54, 1.807) is 56.6 Å². The average molecular weight is 340 g/mol. The zero-order valence-electron chi connectivity index (χ0n) is 14.4. The van der Waals surface area contributed by atoms with Crippen LogP contribution in [0.15, 0.2) is 54.6 Å². The quantitative estimate of drug-likeness (QED) is 0.849. The van der Waals surface area contributed by atoms with Crippen molar-refractivity contribution in [1.82, 2.24) is 4.90 Å². The molecule has 0 radical (unpaired) electrons.